The first-order valence-electron chi connectivity index (χ1n) is 8.56. The summed E-state index contributed by atoms with van der Waals surface area (Å²) in [5.74, 6) is -2.75. The number of halogens is 2. The highest BCUT2D eigenvalue weighted by Crippen LogP contribution is 2.19. The number of carbonyl (C=O) groups excluding carboxylic acids is 1. The van der Waals surface area contributed by atoms with E-state index in [0.29, 0.717) is 17.3 Å². The van der Waals surface area contributed by atoms with Crippen LogP contribution in [0.4, 0.5) is 14.5 Å². The Labute approximate surface area is 166 Å². The number of pyridine rings is 1. The van der Waals surface area contributed by atoms with E-state index in [1.807, 2.05) is 6.07 Å². The summed E-state index contributed by atoms with van der Waals surface area (Å²) in [5.41, 5.74) is 1.20. The summed E-state index contributed by atoms with van der Waals surface area (Å²) in [5, 5.41) is 2.80. The van der Waals surface area contributed by atoms with Crippen molar-refractivity contribution in [2.24, 2.45) is 0 Å². The summed E-state index contributed by atoms with van der Waals surface area (Å²) in [6.45, 7) is 1.80. The average Bonchev–Trinajstić information content (AvgIpc) is 2.70. The molecule has 0 saturated carbocycles. The molecule has 150 valence electrons. The third-order valence-corrected chi connectivity index (χ3v) is 5.46. The molecule has 29 heavy (non-hydrogen) atoms. The Morgan fingerprint density at radius 2 is 1.72 bits per heavy atom. The van der Waals surface area contributed by atoms with Gasteiger partial charge in [-0.3, -0.25) is 14.5 Å². The molecule has 1 amide bonds. The highest BCUT2D eigenvalue weighted by molar-refractivity contribution is 7.92. The second-order valence-electron chi connectivity index (χ2n) is 6.21. The van der Waals surface area contributed by atoms with Crippen LogP contribution in [0.15, 0.2) is 71.8 Å². The fourth-order valence-electron chi connectivity index (χ4n) is 2.53. The first-order valence-corrected chi connectivity index (χ1v) is 10.0. The van der Waals surface area contributed by atoms with Crippen LogP contribution < -0.4 is 10.0 Å². The first-order chi connectivity index (χ1) is 13.8. The lowest BCUT2D eigenvalue weighted by molar-refractivity contribution is 0.0939. The molecule has 3 rings (SSSR count). The van der Waals surface area contributed by atoms with Gasteiger partial charge in [-0.15, -0.1) is 0 Å². The van der Waals surface area contributed by atoms with Crippen molar-refractivity contribution in [1.29, 1.82) is 0 Å². The Hall–Kier alpha value is -3.33. The molecule has 3 aromatic rings. The minimum Gasteiger partial charge on any atom is -0.344 e. The Kier molecular flexibility index (Phi) is 5.88. The Morgan fingerprint density at radius 1 is 1.00 bits per heavy atom. The van der Waals surface area contributed by atoms with Crippen molar-refractivity contribution in [3.8, 4) is 0 Å². The Morgan fingerprint density at radius 3 is 2.34 bits per heavy atom. The quantitative estimate of drug-likeness (QED) is 0.641. The minimum atomic E-state index is -4.11. The maximum Gasteiger partial charge on any atom is 0.261 e. The SMILES string of the molecule is CC(NC(=O)c1ccc(NS(=O)(=O)c2ccc(F)c(F)c2)cc1)c1ccccn1. The first kappa shape index (κ1) is 20.4. The number of benzene rings is 2. The highest BCUT2D eigenvalue weighted by atomic mass is 32.2. The lowest BCUT2D eigenvalue weighted by Crippen LogP contribution is -2.27. The maximum atomic E-state index is 13.3. The number of nitrogens with one attached hydrogen (secondary N) is 2. The van der Waals surface area contributed by atoms with Gasteiger partial charge in [0, 0.05) is 17.4 Å². The van der Waals surface area contributed by atoms with Crippen molar-refractivity contribution < 1.29 is 22.0 Å². The van der Waals surface area contributed by atoms with E-state index in [0.717, 1.165) is 12.1 Å². The van der Waals surface area contributed by atoms with Crippen LogP contribution in [-0.2, 0) is 10.0 Å². The predicted octanol–water partition coefficient (Wildman–Crippen LogP) is 3.65. The fourth-order valence-corrected chi connectivity index (χ4v) is 3.60. The topological polar surface area (TPSA) is 88.2 Å². The zero-order valence-electron chi connectivity index (χ0n) is 15.3. The molecule has 1 heterocycles. The molecule has 6 nitrogen and oxygen atoms in total. The molecule has 0 aliphatic rings. The van der Waals surface area contributed by atoms with Crippen LogP contribution in [0.3, 0.4) is 0 Å². The van der Waals surface area contributed by atoms with E-state index < -0.39 is 26.6 Å². The van der Waals surface area contributed by atoms with Crippen LogP contribution in [0.25, 0.3) is 0 Å². The van der Waals surface area contributed by atoms with Crippen molar-refractivity contribution in [2.75, 3.05) is 4.72 Å². The smallest absolute Gasteiger partial charge is 0.261 e. The fraction of sp³-hybridized carbons (Fsp3) is 0.100. The number of anilines is 1. The molecule has 0 aliphatic heterocycles. The third kappa shape index (κ3) is 4.94. The minimum absolute atomic E-state index is 0.170. The molecule has 9 heteroatoms. The molecule has 0 radical (unpaired) electrons. The molecule has 0 aliphatic carbocycles. The van der Waals surface area contributed by atoms with Crippen molar-refractivity contribution >= 4 is 21.6 Å². The van der Waals surface area contributed by atoms with Crippen molar-refractivity contribution in [3.05, 3.63) is 89.8 Å². The number of hydrogen-bond donors (Lipinski definition) is 2. The van der Waals surface area contributed by atoms with Gasteiger partial charge in [0.1, 0.15) is 0 Å². The number of nitrogens with zero attached hydrogens (tertiary/aromatic N) is 1. The van der Waals surface area contributed by atoms with Gasteiger partial charge in [0.2, 0.25) is 0 Å². The second-order valence-corrected chi connectivity index (χ2v) is 7.89. The van der Waals surface area contributed by atoms with Gasteiger partial charge in [0.25, 0.3) is 15.9 Å². The second kappa shape index (κ2) is 8.36. The van der Waals surface area contributed by atoms with Crippen molar-refractivity contribution in [1.82, 2.24) is 10.3 Å². The molecule has 1 aromatic heterocycles. The average molecular weight is 417 g/mol. The van der Waals surface area contributed by atoms with Crippen LogP contribution in [-0.4, -0.2) is 19.3 Å². The molecule has 0 fully saturated rings. The molecule has 1 unspecified atom stereocenters. The van der Waals surface area contributed by atoms with Crippen LogP contribution in [0.2, 0.25) is 0 Å². The van der Waals surface area contributed by atoms with Crippen LogP contribution in [0.1, 0.15) is 29.0 Å². The molecular formula is C20H17F2N3O3S. The number of rotatable bonds is 6. The van der Waals surface area contributed by atoms with E-state index in [2.05, 4.69) is 15.0 Å². The maximum absolute atomic E-state index is 13.3. The number of aromatic nitrogens is 1. The molecule has 1 atom stereocenters. The van der Waals surface area contributed by atoms with E-state index in [-0.39, 0.29) is 17.6 Å². The largest absolute Gasteiger partial charge is 0.344 e. The van der Waals surface area contributed by atoms with Gasteiger partial charge in [0.05, 0.1) is 16.6 Å². The van der Waals surface area contributed by atoms with Crippen LogP contribution >= 0.6 is 0 Å². The van der Waals surface area contributed by atoms with E-state index in [9.17, 15) is 22.0 Å². The van der Waals surface area contributed by atoms with E-state index >= 15 is 0 Å². The lowest BCUT2D eigenvalue weighted by Gasteiger charge is -2.14. The third-order valence-electron chi connectivity index (χ3n) is 4.08. The summed E-state index contributed by atoms with van der Waals surface area (Å²) in [6, 6.07) is 13.1. The van der Waals surface area contributed by atoms with Crippen molar-refractivity contribution in [2.45, 2.75) is 17.9 Å². The zero-order valence-corrected chi connectivity index (χ0v) is 16.1. The van der Waals surface area contributed by atoms with E-state index in [1.165, 1.54) is 24.3 Å². The van der Waals surface area contributed by atoms with Gasteiger partial charge in [-0.05, 0) is 61.5 Å². The van der Waals surface area contributed by atoms with Crippen molar-refractivity contribution in [3.63, 3.8) is 0 Å². The molecule has 2 aromatic carbocycles. The van der Waals surface area contributed by atoms with Crippen LogP contribution in [0.5, 0.6) is 0 Å². The van der Waals surface area contributed by atoms with Gasteiger partial charge in [-0.2, -0.15) is 0 Å². The molecule has 0 saturated heterocycles. The standard InChI is InChI=1S/C20H17F2N3O3S/c1-13(19-4-2-3-11-23-19)24-20(26)14-5-7-15(8-6-14)25-29(27,28)16-9-10-17(21)18(22)12-16/h2-13,25H,1H3,(H,24,26). The Bertz CT molecular complexity index is 1120. The van der Waals surface area contributed by atoms with Gasteiger partial charge < -0.3 is 5.32 Å². The molecular weight excluding hydrogens is 400 g/mol. The van der Waals surface area contributed by atoms with Gasteiger partial charge in [0.15, 0.2) is 11.6 Å². The van der Waals surface area contributed by atoms with E-state index in [1.54, 1.807) is 25.3 Å². The summed E-state index contributed by atoms with van der Waals surface area (Å²) in [4.78, 5) is 16.1. The Balaban J connectivity index is 1.69. The molecule has 0 spiro atoms. The highest BCUT2D eigenvalue weighted by Gasteiger charge is 2.17. The monoisotopic (exact) mass is 417 g/mol. The lowest BCUT2D eigenvalue weighted by atomic mass is 10.1. The molecule has 0 bridgehead atoms. The summed E-state index contributed by atoms with van der Waals surface area (Å²) >= 11 is 0. The van der Waals surface area contributed by atoms with Gasteiger partial charge >= 0.3 is 0 Å². The summed E-state index contributed by atoms with van der Waals surface area (Å²) < 4.78 is 53.2. The number of sulfonamides is 1. The van der Waals surface area contributed by atoms with Crippen LogP contribution in [0, 0.1) is 11.6 Å². The number of carbonyl (C=O) groups is 1. The normalized spacial score (nSPS) is 12.2. The van der Waals surface area contributed by atoms with E-state index in [4.69, 9.17) is 0 Å². The van der Waals surface area contributed by atoms with Gasteiger partial charge in [-0.25, -0.2) is 17.2 Å². The predicted molar refractivity (Wildman–Crippen MR) is 104 cm³/mol. The van der Waals surface area contributed by atoms with Gasteiger partial charge in [-0.1, -0.05) is 6.07 Å². The molecule has 2 N–H and O–H groups in total. The number of amides is 1. The summed E-state index contributed by atoms with van der Waals surface area (Å²) in [6.07, 6.45) is 1.63. The summed E-state index contributed by atoms with van der Waals surface area (Å²) in [7, 11) is -4.11. The number of hydrogen-bond acceptors (Lipinski definition) is 4. The zero-order chi connectivity index (χ0) is 21.0.